The second-order valence-corrected chi connectivity index (χ2v) is 8.05. The lowest BCUT2D eigenvalue weighted by Crippen LogP contribution is -2.42. The molecule has 8 nitrogen and oxygen atoms in total. The number of nitrogens with one attached hydrogen (secondary N) is 1. The van der Waals surface area contributed by atoms with Crippen molar-refractivity contribution in [3.8, 4) is 5.75 Å². The first-order valence-electron chi connectivity index (χ1n) is 11.0. The summed E-state index contributed by atoms with van der Waals surface area (Å²) in [5.41, 5.74) is 1.33. The number of rotatable bonds is 8. The summed E-state index contributed by atoms with van der Waals surface area (Å²) in [4.78, 5) is 26.2. The molecule has 0 radical (unpaired) electrons. The largest absolute Gasteiger partial charge is 0.491 e. The number of ether oxygens (including phenoxy) is 2. The van der Waals surface area contributed by atoms with E-state index in [2.05, 4.69) is 15.3 Å². The number of anilines is 2. The van der Waals surface area contributed by atoms with E-state index in [-0.39, 0.29) is 12.0 Å². The number of pyridine rings is 2. The lowest BCUT2D eigenvalue weighted by Gasteiger charge is -2.33. The molecule has 1 atom stereocenters. The number of carbonyl (C=O) groups excluding carboxylic acids is 1. The van der Waals surface area contributed by atoms with Crippen LogP contribution in [0.1, 0.15) is 22.2 Å². The molecule has 2 aromatic heterocycles. The summed E-state index contributed by atoms with van der Waals surface area (Å²) in [6.45, 7) is 2.68. The molecule has 0 aliphatic carbocycles. The van der Waals surface area contributed by atoms with E-state index < -0.39 is 0 Å². The molecular formula is C25H29N5O3. The maximum absolute atomic E-state index is 13.3. The molecule has 3 aromatic rings. The summed E-state index contributed by atoms with van der Waals surface area (Å²) in [5, 5.41) is 3.20. The molecular weight excluding hydrogens is 418 g/mol. The number of benzene rings is 1. The minimum absolute atomic E-state index is 0.0634. The van der Waals surface area contributed by atoms with Crippen molar-refractivity contribution in [2.75, 3.05) is 52.3 Å². The Bertz CT molecular complexity index is 1060. The third-order valence-corrected chi connectivity index (χ3v) is 5.29. The van der Waals surface area contributed by atoms with E-state index in [4.69, 9.17) is 9.47 Å². The van der Waals surface area contributed by atoms with Crippen LogP contribution >= 0.6 is 0 Å². The van der Waals surface area contributed by atoms with Gasteiger partial charge in [-0.1, -0.05) is 24.3 Å². The summed E-state index contributed by atoms with van der Waals surface area (Å²) >= 11 is 0. The molecule has 1 aliphatic heterocycles. The van der Waals surface area contributed by atoms with Gasteiger partial charge in [-0.3, -0.25) is 4.79 Å². The number of morpholine rings is 1. The number of nitrogens with zero attached hydrogens (tertiary/aromatic N) is 4. The lowest BCUT2D eigenvalue weighted by atomic mass is 10.1. The summed E-state index contributed by atoms with van der Waals surface area (Å²) in [6, 6.07) is 18.8. The molecule has 1 saturated heterocycles. The first kappa shape index (κ1) is 22.7. The number of carbonyl (C=O) groups is 1. The molecule has 8 heteroatoms. The predicted octanol–water partition coefficient (Wildman–Crippen LogP) is 3.37. The molecule has 0 spiro atoms. The summed E-state index contributed by atoms with van der Waals surface area (Å²) in [6.07, 6.45) is 1.41. The van der Waals surface area contributed by atoms with Gasteiger partial charge in [-0.05, 0) is 50.5 Å². The zero-order valence-electron chi connectivity index (χ0n) is 19.0. The summed E-state index contributed by atoms with van der Waals surface area (Å²) in [5.74, 6) is 1.94. The van der Waals surface area contributed by atoms with Gasteiger partial charge in [0.1, 0.15) is 30.1 Å². The maximum Gasteiger partial charge on any atom is 0.257 e. The van der Waals surface area contributed by atoms with Crippen LogP contribution in [-0.4, -0.2) is 72.6 Å². The van der Waals surface area contributed by atoms with Crippen molar-refractivity contribution in [1.29, 1.82) is 0 Å². The van der Waals surface area contributed by atoms with Crippen LogP contribution in [0.15, 0.2) is 66.9 Å². The van der Waals surface area contributed by atoms with Gasteiger partial charge in [0.05, 0.1) is 24.4 Å². The van der Waals surface area contributed by atoms with Crippen LogP contribution < -0.4 is 10.1 Å². The van der Waals surface area contributed by atoms with Crippen LogP contribution in [0, 0.1) is 0 Å². The Morgan fingerprint density at radius 2 is 1.94 bits per heavy atom. The van der Waals surface area contributed by atoms with Gasteiger partial charge in [0.25, 0.3) is 5.91 Å². The van der Waals surface area contributed by atoms with Crippen molar-refractivity contribution in [1.82, 2.24) is 19.8 Å². The Morgan fingerprint density at radius 3 is 2.76 bits per heavy atom. The van der Waals surface area contributed by atoms with Crippen molar-refractivity contribution in [3.63, 3.8) is 0 Å². The van der Waals surface area contributed by atoms with E-state index in [1.54, 1.807) is 6.20 Å². The molecule has 0 saturated carbocycles. The van der Waals surface area contributed by atoms with E-state index in [1.165, 1.54) is 0 Å². The van der Waals surface area contributed by atoms with Crippen molar-refractivity contribution < 1.29 is 14.3 Å². The van der Waals surface area contributed by atoms with Crippen molar-refractivity contribution in [2.24, 2.45) is 0 Å². The van der Waals surface area contributed by atoms with E-state index in [0.29, 0.717) is 43.4 Å². The standard InChI is InChI=1S/C25H29N5O3/c1-29(2)14-16-32-21-10-4-3-8-19(21)25(31)30-15-17-33-22(18-30)20-9-7-12-24(27-20)28-23-11-5-6-13-26-23/h3-13,22H,14-18H2,1-2H3,(H,26,27,28)/t22-/m1/s1. The van der Waals surface area contributed by atoms with Crippen LogP contribution in [0.5, 0.6) is 5.75 Å². The number of likely N-dealkylation sites (N-methyl/N-ethyl adjacent to an activating group) is 1. The maximum atomic E-state index is 13.3. The Labute approximate surface area is 194 Å². The Morgan fingerprint density at radius 1 is 1.12 bits per heavy atom. The topological polar surface area (TPSA) is 79.8 Å². The van der Waals surface area contributed by atoms with Crippen LogP contribution in [0.3, 0.4) is 0 Å². The third kappa shape index (κ3) is 6.06. The Balaban J connectivity index is 1.45. The highest BCUT2D eigenvalue weighted by atomic mass is 16.5. The summed E-state index contributed by atoms with van der Waals surface area (Å²) in [7, 11) is 3.98. The van der Waals surface area contributed by atoms with Gasteiger partial charge < -0.3 is 24.6 Å². The van der Waals surface area contributed by atoms with Crippen LogP contribution in [-0.2, 0) is 4.74 Å². The summed E-state index contributed by atoms with van der Waals surface area (Å²) < 4.78 is 11.9. The van der Waals surface area contributed by atoms with E-state index in [0.717, 1.165) is 18.1 Å². The van der Waals surface area contributed by atoms with Crippen molar-refractivity contribution in [3.05, 3.63) is 78.1 Å². The predicted molar refractivity (Wildman–Crippen MR) is 127 cm³/mol. The van der Waals surface area contributed by atoms with Gasteiger partial charge in [-0.2, -0.15) is 0 Å². The van der Waals surface area contributed by atoms with Crippen LogP contribution in [0.2, 0.25) is 0 Å². The van der Waals surface area contributed by atoms with Crippen LogP contribution in [0.25, 0.3) is 0 Å². The zero-order chi connectivity index (χ0) is 23.0. The molecule has 1 aliphatic rings. The van der Waals surface area contributed by atoms with Gasteiger partial charge in [-0.15, -0.1) is 0 Å². The monoisotopic (exact) mass is 447 g/mol. The molecule has 4 rings (SSSR count). The molecule has 1 fully saturated rings. The molecule has 0 unspecified atom stereocenters. The lowest BCUT2D eigenvalue weighted by molar-refractivity contribution is -0.0247. The second-order valence-electron chi connectivity index (χ2n) is 8.05. The normalized spacial score (nSPS) is 16.0. The van der Waals surface area contributed by atoms with E-state index in [9.17, 15) is 4.79 Å². The Kier molecular flexibility index (Phi) is 7.49. The molecule has 33 heavy (non-hydrogen) atoms. The molecule has 172 valence electrons. The fraction of sp³-hybridized carbons (Fsp3) is 0.320. The average molecular weight is 448 g/mol. The van der Waals surface area contributed by atoms with Crippen molar-refractivity contribution in [2.45, 2.75) is 6.10 Å². The average Bonchev–Trinajstić information content (AvgIpc) is 2.85. The highest BCUT2D eigenvalue weighted by Crippen LogP contribution is 2.26. The molecule has 1 aromatic carbocycles. The third-order valence-electron chi connectivity index (χ3n) is 5.29. The number of para-hydroxylation sites is 1. The van der Waals surface area contributed by atoms with Gasteiger partial charge in [-0.25, -0.2) is 9.97 Å². The first-order chi connectivity index (χ1) is 16.1. The zero-order valence-corrected chi connectivity index (χ0v) is 19.0. The number of amides is 1. The quantitative estimate of drug-likeness (QED) is 0.567. The van der Waals surface area contributed by atoms with Gasteiger partial charge in [0.15, 0.2) is 0 Å². The molecule has 3 heterocycles. The highest BCUT2D eigenvalue weighted by Gasteiger charge is 2.28. The number of hydrogen-bond donors (Lipinski definition) is 1. The van der Waals surface area contributed by atoms with Crippen molar-refractivity contribution >= 4 is 17.5 Å². The SMILES string of the molecule is CN(C)CCOc1ccccc1C(=O)N1CCO[C@@H](c2cccc(Nc3ccccn3)n2)C1. The number of aromatic nitrogens is 2. The fourth-order valence-electron chi connectivity index (χ4n) is 3.56. The fourth-order valence-corrected chi connectivity index (χ4v) is 3.56. The smallest absolute Gasteiger partial charge is 0.257 e. The van der Waals surface area contributed by atoms with E-state index in [1.807, 2.05) is 84.6 Å². The minimum atomic E-state index is -0.310. The van der Waals surface area contributed by atoms with Gasteiger partial charge in [0.2, 0.25) is 0 Å². The van der Waals surface area contributed by atoms with E-state index >= 15 is 0 Å². The molecule has 1 amide bonds. The second kappa shape index (κ2) is 10.9. The number of hydrogen-bond acceptors (Lipinski definition) is 7. The first-order valence-corrected chi connectivity index (χ1v) is 11.0. The Hall–Kier alpha value is -3.49. The van der Waals surface area contributed by atoms with Crippen LogP contribution in [0.4, 0.5) is 11.6 Å². The van der Waals surface area contributed by atoms with Gasteiger partial charge in [0, 0.05) is 19.3 Å². The molecule has 1 N–H and O–H groups in total. The molecule has 0 bridgehead atoms. The minimum Gasteiger partial charge on any atom is -0.491 e. The van der Waals surface area contributed by atoms with Gasteiger partial charge >= 0.3 is 0 Å². The highest BCUT2D eigenvalue weighted by molar-refractivity contribution is 5.97.